The van der Waals surface area contributed by atoms with Crippen molar-refractivity contribution in [3.05, 3.63) is 51.5 Å². The van der Waals surface area contributed by atoms with E-state index in [1.807, 2.05) is 13.3 Å². The van der Waals surface area contributed by atoms with Crippen LogP contribution >= 0.6 is 15.9 Å². The zero-order chi connectivity index (χ0) is 14.5. The van der Waals surface area contributed by atoms with Gasteiger partial charge in [0.2, 0.25) is 0 Å². The zero-order valence-corrected chi connectivity index (χ0v) is 14.0. The minimum Gasteiger partial charge on any atom is -0.330 e. The van der Waals surface area contributed by atoms with Crippen molar-refractivity contribution in [2.45, 2.75) is 40.3 Å². The number of halogens is 1. The quantitative estimate of drug-likeness (QED) is 0.813. The van der Waals surface area contributed by atoms with Crippen molar-refractivity contribution in [1.82, 2.24) is 14.9 Å². The number of hydrogen-bond donors (Lipinski definition) is 1. The standard InChI is InChI=1S/C16H22BrN3/c1-4-7-18-9-14-5-6-15(16(17)8-14)10-20-11-19-12(2)13(20)3/h5-6,8,11,18H,4,7,9-10H2,1-3H3. The molecule has 0 radical (unpaired) electrons. The molecule has 20 heavy (non-hydrogen) atoms. The third-order valence-corrected chi connectivity index (χ3v) is 4.30. The molecular weight excluding hydrogens is 314 g/mol. The van der Waals surface area contributed by atoms with Crippen LogP contribution in [0.2, 0.25) is 0 Å². The average Bonchev–Trinajstić information content (AvgIpc) is 2.74. The van der Waals surface area contributed by atoms with E-state index >= 15 is 0 Å². The van der Waals surface area contributed by atoms with Crippen molar-refractivity contribution >= 4 is 15.9 Å². The molecule has 0 unspecified atom stereocenters. The second-order valence-electron chi connectivity index (χ2n) is 5.15. The molecule has 0 amide bonds. The highest BCUT2D eigenvalue weighted by Crippen LogP contribution is 2.20. The van der Waals surface area contributed by atoms with E-state index in [4.69, 9.17) is 0 Å². The van der Waals surface area contributed by atoms with Crippen molar-refractivity contribution in [2.75, 3.05) is 6.54 Å². The normalized spacial score (nSPS) is 11.0. The van der Waals surface area contributed by atoms with E-state index in [1.54, 1.807) is 0 Å². The summed E-state index contributed by atoms with van der Waals surface area (Å²) in [5.74, 6) is 0. The van der Waals surface area contributed by atoms with Gasteiger partial charge in [0.1, 0.15) is 0 Å². The molecule has 1 aromatic carbocycles. The molecule has 3 nitrogen and oxygen atoms in total. The zero-order valence-electron chi connectivity index (χ0n) is 12.4. The third-order valence-electron chi connectivity index (χ3n) is 3.56. The van der Waals surface area contributed by atoms with Gasteiger partial charge >= 0.3 is 0 Å². The maximum Gasteiger partial charge on any atom is 0.0954 e. The summed E-state index contributed by atoms with van der Waals surface area (Å²) in [5, 5.41) is 3.42. The second kappa shape index (κ2) is 7.04. The summed E-state index contributed by atoms with van der Waals surface area (Å²) in [6.45, 7) is 9.18. The highest BCUT2D eigenvalue weighted by atomic mass is 79.9. The lowest BCUT2D eigenvalue weighted by molar-refractivity contribution is 0.674. The van der Waals surface area contributed by atoms with E-state index in [2.05, 4.69) is 62.8 Å². The Morgan fingerprint density at radius 3 is 2.70 bits per heavy atom. The van der Waals surface area contributed by atoms with Crippen LogP contribution in [0.5, 0.6) is 0 Å². The van der Waals surface area contributed by atoms with Gasteiger partial charge in [-0.15, -0.1) is 0 Å². The molecule has 1 N–H and O–H groups in total. The molecule has 0 spiro atoms. The Kier molecular flexibility index (Phi) is 5.38. The van der Waals surface area contributed by atoms with Crippen molar-refractivity contribution in [3.63, 3.8) is 0 Å². The fourth-order valence-electron chi connectivity index (χ4n) is 2.13. The summed E-state index contributed by atoms with van der Waals surface area (Å²) < 4.78 is 3.35. The summed E-state index contributed by atoms with van der Waals surface area (Å²) in [6, 6.07) is 6.60. The molecule has 0 aliphatic heterocycles. The molecule has 108 valence electrons. The van der Waals surface area contributed by atoms with Crippen LogP contribution in [0.25, 0.3) is 0 Å². The average molecular weight is 336 g/mol. The Morgan fingerprint density at radius 2 is 2.10 bits per heavy atom. The van der Waals surface area contributed by atoms with E-state index in [0.29, 0.717) is 0 Å². The van der Waals surface area contributed by atoms with Gasteiger partial charge in [0, 0.05) is 23.3 Å². The molecule has 0 fully saturated rings. The SMILES string of the molecule is CCCNCc1ccc(Cn2cnc(C)c2C)c(Br)c1. The lowest BCUT2D eigenvalue weighted by Gasteiger charge is -2.10. The van der Waals surface area contributed by atoms with Gasteiger partial charge in [-0.25, -0.2) is 4.98 Å². The highest BCUT2D eigenvalue weighted by molar-refractivity contribution is 9.10. The molecule has 0 aliphatic carbocycles. The Hall–Kier alpha value is -1.13. The Morgan fingerprint density at radius 1 is 1.30 bits per heavy atom. The number of nitrogens with zero attached hydrogens (tertiary/aromatic N) is 2. The summed E-state index contributed by atoms with van der Waals surface area (Å²) in [7, 11) is 0. The van der Waals surface area contributed by atoms with E-state index in [-0.39, 0.29) is 0 Å². The van der Waals surface area contributed by atoms with E-state index in [1.165, 1.54) is 27.7 Å². The van der Waals surface area contributed by atoms with Gasteiger partial charge in [-0.1, -0.05) is 35.0 Å². The van der Waals surface area contributed by atoms with Crippen LogP contribution in [-0.2, 0) is 13.1 Å². The van der Waals surface area contributed by atoms with E-state index in [9.17, 15) is 0 Å². The number of aryl methyl sites for hydroxylation is 1. The predicted octanol–water partition coefficient (Wildman–Crippen LogP) is 3.81. The van der Waals surface area contributed by atoms with Gasteiger partial charge in [0.25, 0.3) is 0 Å². The smallest absolute Gasteiger partial charge is 0.0954 e. The first-order chi connectivity index (χ1) is 9.61. The molecule has 0 atom stereocenters. The second-order valence-corrected chi connectivity index (χ2v) is 6.00. The molecule has 0 saturated carbocycles. The van der Waals surface area contributed by atoms with Gasteiger partial charge in [-0.3, -0.25) is 0 Å². The lowest BCUT2D eigenvalue weighted by atomic mass is 10.1. The topological polar surface area (TPSA) is 29.9 Å². The van der Waals surface area contributed by atoms with Crippen LogP contribution < -0.4 is 5.32 Å². The Balaban J connectivity index is 2.08. The number of nitrogens with one attached hydrogen (secondary N) is 1. The van der Waals surface area contributed by atoms with Gasteiger partial charge in [-0.05, 0) is 44.0 Å². The Bertz CT molecular complexity index is 575. The molecule has 2 aromatic rings. The van der Waals surface area contributed by atoms with Crippen LogP contribution in [0, 0.1) is 13.8 Å². The number of benzene rings is 1. The number of hydrogen-bond acceptors (Lipinski definition) is 2. The first-order valence-electron chi connectivity index (χ1n) is 7.08. The summed E-state index contributed by atoms with van der Waals surface area (Å²) in [5.41, 5.74) is 4.92. The maximum atomic E-state index is 4.35. The van der Waals surface area contributed by atoms with Crippen molar-refractivity contribution in [2.24, 2.45) is 0 Å². The number of rotatable bonds is 6. The van der Waals surface area contributed by atoms with Crippen LogP contribution in [0.15, 0.2) is 29.0 Å². The van der Waals surface area contributed by atoms with Crippen LogP contribution in [0.1, 0.15) is 35.9 Å². The van der Waals surface area contributed by atoms with E-state index in [0.717, 1.165) is 25.3 Å². The summed E-state index contributed by atoms with van der Waals surface area (Å²) in [4.78, 5) is 4.35. The van der Waals surface area contributed by atoms with Crippen molar-refractivity contribution < 1.29 is 0 Å². The third kappa shape index (κ3) is 3.70. The minimum absolute atomic E-state index is 0.857. The lowest BCUT2D eigenvalue weighted by Crippen LogP contribution is -2.13. The molecule has 2 rings (SSSR count). The van der Waals surface area contributed by atoms with Crippen LogP contribution in [0.4, 0.5) is 0 Å². The van der Waals surface area contributed by atoms with Gasteiger partial charge in [-0.2, -0.15) is 0 Å². The molecule has 0 saturated heterocycles. The van der Waals surface area contributed by atoms with Gasteiger partial charge < -0.3 is 9.88 Å². The van der Waals surface area contributed by atoms with Crippen molar-refractivity contribution in [3.8, 4) is 0 Å². The highest BCUT2D eigenvalue weighted by Gasteiger charge is 2.06. The number of imidazole rings is 1. The predicted molar refractivity (Wildman–Crippen MR) is 86.9 cm³/mol. The minimum atomic E-state index is 0.857. The first kappa shape index (κ1) is 15.3. The van der Waals surface area contributed by atoms with Gasteiger partial charge in [0.05, 0.1) is 12.0 Å². The molecule has 4 heteroatoms. The largest absolute Gasteiger partial charge is 0.330 e. The molecule has 0 aliphatic rings. The monoisotopic (exact) mass is 335 g/mol. The van der Waals surface area contributed by atoms with Crippen LogP contribution in [0.3, 0.4) is 0 Å². The fourth-order valence-corrected chi connectivity index (χ4v) is 2.68. The molecule has 0 bridgehead atoms. The number of aromatic nitrogens is 2. The Labute approximate surface area is 129 Å². The molecule has 1 aromatic heterocycles. The first-order valence-corrected chi connectivity index (χ1v) is 7.87. The van der Waals surface area contributed by atoms with Gasteiger partial charge in [0.15, 0.2) is 0 Å². The fraction of sp³-hybridized carbons (Fsp3) is 0.438. The maximum absolute atomic E-state index is 4.35. The summed E-state index contributed by atoms with van der Waals surface area (Å²) >= 11 is 3.68. The molecular formula is C16H22BrN3. The summed E-state index contributed by atoms with van der Waals surface area (Å²) in [6.07, 6.45) is 3.08. The molecule has 1 heterocycles. The van der Waals surface area contributed by atoms with E-state index < -0.39 is 0 Å². The van der Waals surface area contributed by atoms with Crippen molar-refractivity contribution in [1.29, 1.82) is 0 Å². The van der Waals surface area contributed by atoms with Crippen LogP contribution in [-0.4, -0.2) is 16.1 Å².